The van der Waals surface area contributed by atoms with Crippen molar-refractivity contribution in [3.05, 3.63) is 59.7 Å². The average Bonchev–Trinajstić information content (AvgIpc) is 2.46. The molecule has 0 radical (unpaired) electrons. The van der Waals surface area contributed by atoms with E-state index in [2.05, 4.69) is 24.3 Å². The summed E-state index contributed by atoms with van der Waals surface area (Å²) in [5, 5.41) is 0. The Balaban J connectivity index is 1.97. The van der Waals surface area contributed by atoms with Crippen LogP contribution in [0, 0.1) is 0 Å². The molecule has 0 fully saturated rings. The standard InChI is InChI=1S/C16H18O2/c1-17-15-10-8-13(9-11-15)6-7-14-4-3-5-16(12-14)18-2/h3-5,8-12H,6-7H2,1-2H3. The Morgan fingerprint density at radius 3 is 2.06 bits per heavy atom. The van der Waals surface area contributed by atoms with Crippen molar-refractivity contribution in [2.75, 3.05) is 14.2 Å². The minimum Gasteiger partial charge on any atom is -0.497 e. The number of hydrogen-bond donors (Lipinski definition) is 0. The van der Waals surface area contributed by atoms with E-state index in [9.17, 15) is 0 Å². The van der Waals surface area contributed by atoms with Crippen LogP contribution in [0.25, 0.3) is 0 Å². The maximum absolute atomic E-state index is 5.22. The highest BCUT2D eigenvalue weighted by Gasteiger charge is 1.98. The molecule has 0 spiro atoms. The van der Waals surface area contributed by atoms with Crippen molar-refractivity contribution in [3.63, 3.8) is 0 Å². The second-order valence-electron chi connectivity index (χ2n) is 4.20. The number of aryl methyl sites for hydroxylation is 2. The van der Waals surface area contributed by atoms with Crippen LogP contribution in [0.5, 0.6) is 11.5 Å². The van der Waals surface area contributed by atoms with E-state index in [-0.39, 0.29) is 0 Å². The molecule has 0 saturated carbocycles. The maximum Gasteiger partial charge on any atom is 0.119 e. The van der Waals surface area contributed by atoms with E-state index >= 15 is 0 Å². The summed E-state index contributed by atoms with van der Waals surface area (Å²) >= 11 is 0. The zero-order valence-electron chi connectivity index (χ0n) is 10.8. The van der Waals surface area contributed by atoms with Gasteiger partial charge in [-0.05, 0) is 48.2 Å². The van der Waals surface area contributed by atoms with E-state index < -0.39 is 0 Å². The van der Waals surface area contributed by atoms with Gasteiger partial charge in [0.15, 0.2) is 0 Å². The van der Waals surface area contributed by atoms with Gasteiger partial charge in [-0.3, -0.25) is 0 Å². The van der Waals surface area contributed by atoms with Crippen LogP contribution in [-0.2, 0) is 12.8 Å². The molecule has 0 aliphatic carbocycles. The van der Waals surface area contributed by atoms with E-state index in [0.717, 1.165) is 24.3 Å². The third kappa shape index (κ3) is 3.27. The monoisotopic (exact) mass is 242 g/mol. The fraction of sp³-hybridized carbons (Fsp3) is 0.250. The van der Waals surface area contributed by atoms with Crippen LogP contribution in [0.1, 0.15) is 11.1 Å². The van der Waals surface area contributed by atoms with Crippen molar-refractivity contribution in [2.24, 2.45) is 0 Å². The molecule has 0 aliphatic heterocycles. The normalized spacial score (nSPS) is 10.1. The highest BCUT2D eigenvalue weighted by Crippen LogP contribution is 2.16. The van der Waals surface area contributed by atoms with Crippen molar-refractivity contribution >= 4 is 0 Å². The Morgan fingerprint density at radius 1 is 0.722 bits per heavy atom. The van der Waals surface area contributed by atoms with Crippen LogP contribution in [-0.4, -0.2) is 14.2 Å². The Morgan fingerprint density at radius 2 is 1.39 bits per heavy atom. The first-order chi connectivity index (χ1) is 8.81. The number of hydrogen-bond acceptors (Lipinski definition) is 2. The summed E-state index contributed by atoms with van der Waals surface area (Å²) in [7, 11) is 3.38. The van der Waals surface area contributed by atoms with Crippen molar-refractivity contribution < 1.29 is 9.47 Å². The minimum atomic E-state index is 0.903. The summed E-state index contributed by atoms with van der Waals surface area (Å²) in [5.41, 5.74) is 2.61. The molecule has 94 valence electrons. The molecule has 0 N–H and O–H groups in total. The lowest BCUT2D eigenvalue weighted by atomic mass is 10.0. The summed E-state index contributed by atoms with van der Waals surface area (Å²) in [6.45, 7) is 0. The topological polar surface area (TPSA) is 18.5 Å². The molecule has 2 aromatic carbocycles. The van der Waals surface area contributed by atoms with E-state index in [4.69, 9.17) is 9.47 Å². The Kier molecular flexibility index (Phi) is 4.24. The molecule has 0 unspecified atom stereocenters. The quantitative estimate of drug-likeness (QED) is 0.799. The van der Waals surface area contributed by atoms with Gasteiger partial charge in [-0.25, -0.2) is 0 Å². The van der Waals surface area contributed by atoms with Crippen LogP contribution in [0.15, 0.2) is 48.5 Å². The second kappa shape index (κ2) is 6.10. The largest absolute Gasteiger partial charge is 0.497 e. The fourth-order valence-electron chi connectivity index (χ4n) is 1.91. The predicted molar refractivity (Wildman–Crippen MR) is 73.4 cm³/mol. The highest BCUT2D eigenvalue weighted by atomic mass is 16.5. The zero-order chi connectivity index (χ0) is 12.8. The van der Waals surface area contributed by atoms with Gasteiger partial charge in [0.05, 0.1) is 14.2 Å². The fourth-order valence-corrected chi connectivity index (χ4v) is 1.91. The first-order valence-electron chi connectivity index (χ1n) is 6.07. The lowest BCUT2D eigenvalue weighted by molar-refractivity contribution is 0.414. The Bertz CT molecular complexity index is 489. The van der Waals surface area contributed by atoms with Gasteiger partial charge in [-0.1, -0.05) is 24.3 Å². The molecule has 2 heteroatoms. The number of benzene rings is 2. The van der Waals surface area contributed by atoms with E-state index in [1.165, 1.54) is 11.1 Å². The molecule has 0 saturated heterocycles. The van der Waals surface area contributed by atoms with E-state index in [1.807, 2.05) is 24.3 Å². The molecule has 0 aliphatic rings. The molecular formula is C16H18O2. The number of rotatable bonds is 5. The van der Waals surface area contributed by atoms with Gasteiger partial charge in [-0.2, -0.15) is 0 Å². The van der Waals surface area contributed by atoms with Gasteiger partial charge >= 0.3 is 0 Å². The van der Waals surface area contributed by atoms with Gasteiger partial charge in [0.2, 0.25) is 0 Å². The smallest absolute Gasteiger partial charge is 0.119 e. The van der Waals surface area contributed by atoms with Gasteiger partial charge in [0.25, 0.3) is 0 Å². The lowest BCUT2D eigenvalue weighted by Crippen LogP contribution is -1.92. The average molecular weight is 242 g/mol. The molecular weight excluding hydrogens is 224 g/mol. The van der Waals surface area contributed by atoms with E-state index in [0.29, 0.717) is 0 Å². The summed E-state index contributed by atoms with van der Waals surface area (Å²) in [6, 6.07) is 16.4. The summed E-state index contributed by atoms with van der Waals surface area (Å²) in [5.74, 6) is 1.82. The van der Waals surface area contributed by atoms with Gasteiger partial charge in [0.1, 0.15) is 11.5 Å². The predicted octanol–water partition coefficient (Wildman–Crippen LogP) is 3.49. The molecule has 0 heterocycles. The van der Waals surface area contributed by atoms with Crippen LogP contribution < -0.4 is 9.47 Å². The number of methoxy groups -OCH3 is 2. The van der Waals surface area contributed by atoms with Crippen LogP contribution in [0.2, 0.25) is 0 Å². The Labute approximate surface area is 108 Å². The molecule has 2 rings (SSSR count). The molecule has 0 atom stereocenters. The molecule has 2 aromatic rings. The first-order valence-corrected chi connectivity index (χ1v) is 6.07. The molecule has 2 nitrogen and oxygen atoms in total. The summed E-state index contributed by atoms with van der Waals surface area (Å²) < 4.78 is 10.4. The first kappa shape index (κ1) is 12.5. The molecule has 0 amide bonds. The summed E-state index contributed by atoms with van der Waals surface area (Å²) in [6.07, 6.45) is 2.04. The third-order valence-corrected chi connectivity index (χ3v) is 3.00. The van der Waals surface area contributed by atoms with Gasteiger partial charge in [0, 0.05) is 0 Å². The molecule has 0 bridgehead atoms. The van der Waals surface area contributed by atoms with Crippen LogP contribution in [0.4, 0.5) is 0 Å². The van der Waals surface area contributed by atoms with Crippen LogP contribution in [0.3, 0.4) is 0 Å². The van der Waals surface area contributed by atoms with Crippen LogP contribution >= 0.6 is 0 Å². The Hall–Kier alpha value is -1.96. The zero-order valence-corrected chi connectivity index (χ0v) is 10.8. The molecule has 0 aromatic heterocycles. The van der Waals surface area contributed by atoms with Crippen molar-refractivity contribution in [1.29, 1.82) is 0 Å². The van der Waals surface area contributed by atoms with Gasteiger partial charge < -0.3 is 9.47 Å². The van der Waals surface area contributed by atoms with E-state index in [1.54, 1.807) is 14.2 Å². The minimum absolute atomic E-state index is 0.903. The van der Waals surface area contributed by atoms with Crippen molar-refractivity contribution in [2.45, 2.75) is 12.8 Å². The van der Waals surface area contributed by atoms with Crippen molar-refractivity contribution in [1.82, 2.24) is 0 Å². The van der Waals surface area contributed by atoms with Crippen molar-refractivity contribution in [3.8, 4) is 11.5 Å². The third-order valence-electron chi connectivity index (χ3n) is 3.00. The number of ether oxygens (including phenoxy) is 2. The SMILES string of the molecule is COc1ccc(CCc2cccc(OC)c2)cc1. The van der Waals surface area contributed by atoms with Gasteiger partial charge in [-0.15, -0.1) is 0 Å². The highest BCUT2D eigenvalue weighted by molar-refractivity contribution is 5.31. The lowest BCUT2D eigenvalue weighted by Gasteiger charge is -2.05. The maximum atomic E-state index is 5.22. The second-order valence-corrected chi connectivity index (χ2v) is 4.20. The molecule has 18 heavy (non-hydrogen) atoms. The summed E-state index contributed by atoms with van der Waals surface area (Å²) in [4.78, 5) is 0.